The van der Waals surface area contributed by atoms with Crippen molar-refractivity contribution in [3.8, 4) is 5.75 Å². The van der Waals surface area contributed by atoms with E-state index in [-0.39, 0.29) is 0 Å². The Hall–Kier alpha value is -1.57. The molecule has 1 heterocycles. The van der Waals surface area contributed by atoms with E-state index < -0.39 is 7.12 Å². The van der Waals surface area contributed by atoms with Crippen molar-refractivity contribution < 1.29 is 14.8 Å². The monoisotopic (exact) mass is 290 g/mol. The van der Waals surface area contributed by atoms with Gasteiger partial charge in [-0.25, -0.2) is 9.97 Å². The number of hydrogen-bond donors (Lipinski definition) is 2. The van der Waals surface area contributed by atoms with Gasteiger partial charge < -0.3 is 14.8 Å². The summed E-state index contributed by atoms with van der Waals surface area (Å²) in [6.45, 7) is 1.91. The van der Waals surface area contributed by atoms with Crippen LogP contribution in [-0.4, -0.2) is 34.2 Å². The number of thioether (sulfide) groups is 1. The number of methoxy groups -OCH3 is 1. The lowest BCUT2D eigenvalue weighted by molar-refractivity contribution is 0.410. The van der Waals surface area contributed by atoms with E-state index >= 15 is 0 Å². The summed E-state index contributed by atoms with van der Waals surface area (Å²) in [6.07, 6.45) is 1.72. The van der Waals surface area contributed by atoms with Gasteiger partial charge in [0.05, 0.1) is 7.11 Å². The van der Waals surface area contributed by atoms with E-state index in [9.17, 15) is 10.0 Å². The van der Waals surface area contributed by atoms with Gasteiger partial charge >= 0.3 is 7.12 Å². The molecule has 5 nitrogen and oxygen atoms in total. The highest BCUT2D eigenvalue weighted by molar-refractivity contribution is 7.98. The van der Waals surface area contributed by atoms with E-state index in [0.717, 1.165) is 11.3 Å². The van der Waals surface area contributed by atoms with E-state index in [1.165, 1.54) is 11.8 Å². The quantitative estimate of drug-likeness (QED) is 0.481. The van der Waals surface area contributed by atoms with Crippen LogP contribution in [0.1, 0.15) is 11.3 Å². The first-order valence-corrected chi connectivity index (χ1v) is 7.04. The van der Waals surface area contributed by atoms with Crippen LogP contribution in [0.3, 0.4) is 0 Å². The van der Waals surface area contributed by atoms with E-state index in [2.05, 4.69) is 9.97 Å². The molecule has 2 aromatic rings. The third kappa shape index (κ3) is 3.72. The summed E-state index contributed by atoms with van der Waals surface area (Å²) in [6, 6.07) is 6.91. The molecule has 2 rings (SSSR count). The van der Waals surface area contributed by atoms with Crippen molar-refractivity contribution in [3.63, 3.8) is 0 Å². The average molecular weight is 290 g/mol. The molecule has 0 spiro atoms. The van der Waals surface area contributed by atoms with Crippen molar-refractivity contribution in [2.45, 2.75) is 17.8 Å². The molecule has 1 aromatic heterocycles. The van der Waals surface area contributed by atoms with E-state index in [1.54, 1.807) is 31.5 Å². The van der Waals surface area contributed by atoms with Crippen LogP contribution in [0.5, 0.6) is 5.75 Å². The SMILES string of the molecule is COc1ccc(B(O)O)cc1CSc1nccc(C)n1. The summed E-state index contributed by atoms with van der Waals surface area (Å²) in [7, 11) is 0.0988. The molecular formula is C13H15BN2O3S. The highest BCUT2D eigenvalue weighted by Gasteiger charge is 2.14. The predicted molar refractivity (Wildman–Crippen MR) is 79.1 cm³/mol. The van der Waals surface area contributed by atoms with Gasteiger partial charge in [-0.15, -0.1) is 0 Å². The average Bonchev–Trinajstić information content (AvgIpc) is 2.44. The molecule has 0 atom stereocenters. The third-order valence-corrected chi connectivity index (χ3v) is 3.64. The first-order valence-electron chi connectivity index (χ1n) is 6.05. The zero-order valence-corrected chi connectivity index (χ0v) is 12.1. The summed E-state index contributed by atoms with van der Waals surface area (Å²) < 4.78 is 5.27. The normalized spacial score (nSPS) is 10.4. The minimum Gasteiger partial charge on any atom is -0.496 e. The van der Waals surface area contributed by atoms with Gasteiger partial charge in [-0.1, -0.05) is 23.9 Å². The highest BCUT2D eigenvalue weighted by Crippen LogP contribution is 2.25. The van der Waals surface area contributed by atoms with Gasteiger partial charge in [0, 0.05) is 23.2 Å². The Balaban J connectivity index is 2.17. The van der Waals surface area contributed by atoms with Crippen LogP contribution in [0.25, 0.3) is 0 Å². The number of aromatic nitrogens is 2. The van der Waals surface area contributed by atoms with Crippen LogP contribution in [-0.2, 0) is 5.75 Å². The fraction of sp³-hybridized carbons (Fsp3) is 0.231. The minimum atomic E-state index is -1.49. The number of ether oxygens (including phenoxy) is 1. The maximum absolute atomic E-state index is 9.22. The Kier molecular flexibility index (Phi) is 5.00. The zero-order chi connectivity index (χ0) is 14.5. The number of benzene rings is 1. The van der Waals surface area contributed by atoms with Crippen LogP contribution in [0.15, 0.2) is 35.6 Å². The molecule has 1 aromatic carbocycles. The minimum absolute atomic E-state index is 0.437. The Bertz CT molecular complexity index is 596. The second-order valence-corrected chi connectivity index (χ2v) is 5.16. The molecule has 0 unspecified atom stereocenters. The van der Waals surface area contributed by atoms with Gasteiger partial charge in [-0.2, -0.15) is 0 Å². The summed E-state index contributed by atoms with van der Waals surface area (Å²) in [4.78, 5) is 8.49. The maximum Gasteiger partial charge on any atom is 0.488 e. The Morgan fingerprint density at radius 1 is 1.30 bits per heavy atom. The first-order chi connectivity index (χ1) is 9.60. The molecule has 0 saturated carbocycles. The van der Waals surface area contributed by atoms with Crippen LogP contribution in [0.2, 0.25) is 0 Å². The van der Waals surface area contributed by atoms with Gasteiger partial charge in [0.25, 0.3) is 0 Å². The van der Waals surface area contributed by atoms with Gasteiger partial charge in [-0.3, -0.25) is 0 Å². The van der Waals surface area contributed by atoms with E-state index in [4.69, 9.17) is 4.74 Å². The Labute approximate surface area is 122 Å². The summed E-state index contributed by atoms with van der Waals surface area (Å²) >= 11 is 1.47. The summed E-state index contributed by atoms with van der Waals surface area (Å²) in [5.41, 5.74) is 2.22. The van der Waals surface area contributed by atoms with Gasteiger partial charge in [0.1, 0.15) is 5.75 Å². The van der Waals surface area contributed by atoms with Crippen molar-refractivity contribution in [1.82, 2.24) is 9.97 Å². The standard InChI is InChI=1S/C13H15BN2O3S/c1-9-5-6-15-13(16-9)20-8-10-7-11(14(17)18)3-4-12(10)19-2/h3-7,17-18H,8H2,1-2H3. The molecule has 0 bridgehead atoms. The smallest absolute Gasteiger partial charge is 0.488 e. The first kappa shape index (κ1) is 14.8. The lowest BCUT2D eigenvalue weighted by atomic mass is 9.79. The van der Waals surface area contributed by atoms with Gasteiger partial charge in [0.15, 0.2) is 5.16 Å². The zero-order valence-electron chi connectivity index (χ0n) is 11.3. The maximum atomic E-state index is 9.22. The van der Waals surface area contributed by atoms with Gasteiger partial charge in [0.2, 0.25) is 0 Å². The number of hydrogen-bond acceptors (Lipinski definition) is 6. The molecule has 0 saturated heterocycles. The largest absolute Gasteiger partial charge is 0.496 e. The summed E-state index contributed by atoms with van der Waals surface area (Å²) in [5.74, 6) is 1.29. The molecular weight excluding hydrogens is 275 g/mol. The fourth-order valence-corrected chi connectivity index (χ4v) is 2.56. The van der Waals surface area contributed by atoms with Crippen LogP contribution in [0.4, 0.5) is 0 Å². The topological polar surface area (TPSA) is 75.5 Å². The molecule has 0 fully saturated rings. The van der Waals surface area contributed by atoms with Crippen molar-refractivity contribution in [2.24, 2.45) is 0 Å². The number of nitrogens with zero attached hydrogens (tertiary/aromatic N) is 2. The molecule has 0 amide bonds. The molecule has 20 heavy (non-hydrogen) atoms. The molecule has 7 heteroatoms. The second-order valence-electron chi connectivity index (χ2n) is 4.21. The van der Waals surface area contributed by atoms with Crippen LogP contribution < -0.4 is 10.2 Å². The fourth-order valence-electron chi connectivity index (χ4n) is 1.71. The van der Waals surface area contributed by atoms with Crippen LogP contribution >= 0.6 is 11.8 Å². The third-order valence-electron chi connectivity index (χ3n) is 2.73. The Morgan fingerprint density at radius 3 is 2.75 bits per heavy atom. The highest BCUT2D eigenvalue weighted by atomic mass is 32.2. The predicted octanol–water partition coefficient (Wildman–Crippen LogP) is 0.766. The van der Waals surface area contributed by atoms with Crippen molar-refractivity contribution in [2.75, 3.05) is 7.11 Å². The molecule has 0 aliphatic carbocycles. The lowest BCUT2D eigenvalue weighted by Gasteiger charge is -2.10. The number of rotatable bonds is 5. The van der Waals surface area contributed by atoms with Gasteiger partial charge in [-0.05, 0) is 24.5 Å². The molecule has 104 valence electrons. The summed E-state index contributed by atoms with van der Waals surface area (Å²) in [5, 5.41) is 19.1. The molecule has 0 radical (unpaired) electrons. The lowest BCUT2D eigenvalue weighted by Crippen LogP contribution is -2.30. The van der Waals surface area contributed by atoms with Crippen molar-refractivity contribution >= 4 is 24.3 Å². The van der Waals surface area contributed by atoms with Crippen molar-refractivity contribution in [1.29, 1.82) is 0 Å². The van der Waals surface area contributed by atoms with Crippen molar-refractivity contribution in [3.05, 3.63) is 41.7 Å². The van der Waals surface area contributed by atoms with E-state index in [0.29, 0.717) is 22.1 Å². The molecule has 0 aliphatic rings. The van der Waals surface area contributed by atoms with Crippen LogP contribution in [0, 0.1) is 6.92 Å². The molecule has 2 N–H and O–H groups in total. The second kappa shape index (κ2) is 6.74. The number of aryl methyl sites for hydroxylation is 1. The molecule has 0 aliphatic heterocycles. The van der Waals surface area contributed by atoms with E-state index in [1.807, 2.05) is 13.0 Å². The Morgan fingerprint density at radius 2 is 2.10 bits per heavy atom.